The van der Waals surface area contributed by atoms with E-state index in [9.17, 15) is 9.59 Å². The summed E-state index contributed by atoms with van der Waals surface area (Å²) < 4.78 is 10.9. The molecule has 1 N–H and O–H groups in total. The summed E-state index contributed by atoms with van der Waals surface area (Å²) in [5, 5.41) is 3.96. The summed E-state index contributed by atoms with van der Waals surface area (Å²) in [6.45, 7) is 1.91. The van der Waals surface area contributed by atoms with Crippen molar-refractivity contribution < 1.29 is 13.9 Å². The van der Waals surface area contributed by atoms with Gasteiger partial charge in [0.05, 0.1) is 6.04 Å². The number of ether oxygens (including phenoxy) is 1. The molecule has 0 saturated carbocycles. The number of carbonyl (C=O) groups is 1. The van der Waals surface area contributed by atoms with E-state index < -0.39 is 0 Å². The Morgan fingerprint density at radius 2 is 2.07 bits per heavy atom. The Bertz CT molecular complexity index is 1070. The Hall–Kier alpha value is -3.08. The molecule has 28 heavy (non-hydrogen) atoms. The van der Waals surface area contributed by atoms with Crippen molar-refractivity contribution in [3.05, 3.63) is 75.6 Å². The van der Waals surface area contributed by atoms with E-state index in [-0.39, 0.29) is 24.2 Å². The first-order chi connectivity index (χ1) is 13.6. The lowest BCUT2D eigenvalue weighted by Gasteiger charge is -2.26. The highest BCUT2D eigenvalue weighted by Crippen LogP contribution is 2.29. The number of nitrogens with one attached hydrogen (secondary N) is 1. The standard InChI is InChI=1S/C23H23NO4/c1-2-15-12-23(26)28-21-13-17(10-11-19(15)21)27-14-22(25)24-20-9-5-7-16-6-3-4-8-18(16)20/h3-4,6,8,10-13,20H,2,5,7,9,14H2,1H3,(H,24,25). The molecule has 1 aromatic heterocycles. The number of hydrogen-bond acceptors (Lipinski definition) is 4. The first-order valence-electron chi connectivity index (χ1n) is 9.71. The molecule has 0 aliphatic heterocycles. The number of rotatable bonds is 5. The molecule has 144 valence electrons. The fraction of sp³-hybridized carbons (Fsp3) is 0.304. The highest BCUT2D eigenvalue weighted by molar-refractivity contribution is 5.82. The van der Waals surface area contributed by atoms with Crippen molar-refractivity contribution in [2.75, 3.05) is 6.61 Å². The van der Waals surface area contributed by atoms with Crippen LogP contribution in [-0.2, 0) is 17.6 Å². The van der Waals surface area contributed by atoms with Crippen LogP contribution in [0.25, 0.3) is 11.0 Å². The molecule has 1 aliphatic rings. The van der Waals surface area contributed by atoms with E-state index in [1.807, 2.05) is 25.1 Å². The van der Waals surface area contributed by atoms with Crippen LogP contribution in [0.1, 0.15) is 42.5 Å². The van der Waals surface area contributed by atoms with Gasteiger partial charge in [-0.2, -0.15) is 0 Å². The van der Waals surface area contributed by atoms with Crippen molar-refractivity contribution in [1.82, 2.24) is 5.32 Å². The van der Waals surface area contributed by atoms with E-state index >= 15 is 0 Å². The molecule has 2 aromatic carbocycles. The summed E-state index contributed by atoms with van der Waals surface area (Å²) in [5.41, 5.74) is 3.53. The van der Waals surface area contributed by atoms with E-state index in [2.05, 4.69) is 17.4 Å². The van der Waals surface area contributed by atoms with Gasteiger partial charge in [0, 0.05) is 17.5 Å². The van der Waals surface area contributed by atoms with E-state index in [4.69, 9.17) is 9.15 Å². The average molecular weight is 377 g/mol. The summed E-state index contributed by atoms with van der Waals surface area (Å²) in [4.78, 5) is 24.1. The average Bonchev–Trinajstić information content (AvgIpc) is 2.71. The second-order valence-corrected chi connectivity index (χ2v) is 7.10. The molecule has 3 aromatic rings. The molecule has 0 fully saturated rings. The largest absolute Gasteiger partial charge is 0.484 e. The Labute approximate surface area is 163 Å². The van der Waals surface area contributed by atoms with Crippen LogP contribution in [0, 0.1) is 0 Å². The molecular formula is C23H23NO4. The van der Waals surface area contributed by atoms with E-state index in [1.54, 1.807) is 12.1 Å². The van der Waals surface area contributed by atoms with Gasteiger partial charge in [-0.05, 0) is 54.5 Å². The second-order valence-electron chi connectivity index (χ2n) is 7.10. The molecule has 0 spiro atoms. The lowest BCUT2D eigenvalue weighted by atomic mass is 9.88. The molecule has 1 atom stereocenters. The van der Waals surface area contributed by atoms with Crippen LogP contribution >= 0.6 is 0 Å². The van der Waals surface area contributed by atoms with Gasteiger partial charge in [0.1, 0.15) is 11.3 Å². The minimum Gasteiger partial charge on any atom is -0.484 e. The zero-order chi connectivity index (χ0) is 19.5. The Morgan fingerprint density at radius 1 is 1.21 bits per heavy atom. The summed E-state index contributed by atoms with van der Waals surface area (Å²) in [7, 11) is 0. The van der Waals surface area contributed by atoms with Gasteiger partial charge in [-0.25, -0.2) is 4.79 Å². The van der Waals surface area contributed by atoms with Gasteiger partial charge < -0.3 is 14.5 Å². The Balaban J connectivity index is 1.43. The smallest absolute Gasteiger partial charge is 0.336 e. The number of benzene rings is 2. The van der Waals surface area contributed by atoms with Gasteiger partial charge in [0.25, 0.3) is 5.91 Å². The molecule has 1 unspecified atom stereocenters. The van der Waals surface area contributed by atoms with Crippen LogP contribution in [-0.4, -0.2) is 12.5 Å². The molecule has 5 nitrogen and oxygen atoms in total. The number of amides is 1. The molecule has 1 heterocycles. The predicted octanol–water partition coefficient (Wildman–Crippen LogP) is 3.93. The molecule has 0 saturated heterocycles. The Morgan fingerprint density at radius 3 is 2.93 bits per heavy atom. The van der Waals surface area contributed by atoms with Crippen molar-refractivity contribution in [1.29, 1.82) is 0 Å². The fourth-order valence-corrected chi connectivity index (χ4v) is 3.88. The van der Waals surface area contributed by atoms with E-state index in [1.165, 1.54) is 17.2 Å². The minimum absolute atomic E-state index is 0.0304. The summed E-state index contributed by atoms with van der Waals surface area (Å²) in [6, 6.07) is 15.1. The molecule has 0 radical (unpaired) electrons. The van der Waals surface area contributed by atoms with Gasteiger partial charge in [0.15, 0.2) is 6.61 Å². The van der Waals surface area contributed by atoms with Crippen LogP contribution in [0.3, 0.4) is 0 Å². The lowest BCUT2D eigenvalue weighted by Crippen LogP contribution is -2.34. The van der Waals surface area contributed by atoms with Crippen molar-refractivity contribution in [3.8, 4) is 5.75 Å². The number of aryl methyl sites for hydroxylation is 2. The van der Waals surface area contributed by atoms with Gasteiger partial charge >= 0.3 is 5.63 Å². The number of hydrogen-bond donors (Lipinski definition) is 1. The maximum absolute atomic E-state index is 12.4. The monoisotopic (exact) mass is 377 g/mol. The zero-order valence-electron chi connectivity index (χ0n) is 15.9. The minimum atomic E-state index is -0.379. The first kappa shape index (κ1) is 18.3. The van der Waals surface area contributed by atoms with Crippen LogP contribution < -0.4 is 15.7 Å². The van der Waals surface area contributed by atoms with Crippen LogP contribution in [0.2, 0.25) is 0 Å². The van der Waals surface area contributed by atoms with E-state index in [0.29, 0.717) is 11.3 Å². The molecule has 0 bridgehead atoms. The topological polar surface area (TPSA) is 68.5 Å². The van der Waals surface area contributed by atoms with Gasteiger partial charge in [0.2, 0.25) is 0 Å². The molecule has 4 rings (SSSR count). The highest BCUT2D eigenvalue weighted by Gasteiger charge is 2.21. The van der Waals surface area contributed by atoms with Crippen molar-refractivity contribution in [2.24, 2.45) is 0 Å². The zero-order valence-corrected chi connectivity index (χ0v) is 15.9. The highest BCUT2D eigenvalue weighted by atomic mass is 16.5. The van der Waals surface area contributed by atoms with Crippen molar-refractivity contribution >= 4 is 16.9 Å². The quantitative estimate of drug-likeness (QED) is 0.684. The van der Waals surface area contributed by atoms with Gasteiger partial charge in [-0.15, -0.1) is 0 Å². The van der Waals surface area contributed by atoms with Crippen molar-refractivity contribution in [2.45, 2.75) is 38.6 Å². The third-order valence-electron chi connectivity index (χ3n) is 5.26. The predicted molar refractivity (Wildman–Crippen MR) is 108 cm³/mol. The maximum atomic E-state index is 12.4. The molecular weight excluding hydrogens is 354 g/mol. The Kier molecular flexibility index (Phi) is 5.15. The van der Waals surface area contributed by atoms with Gasteiger partial charge in [-0.3, -0.25) is 4.79 Å². The normalized spacial score (nSPS) is 15.8. The molecule has 1 aliphatic carbocycles. The summed E-state index contributed by atoms with van der Waals surface area (Å²) in [6.07, 6.45) is 3.80. The molecule has 5 heteroatoms. The van der Waals surface area contributed by atoms with Crippen LogP contribution in [0.4, 0.5) is 0 Å². The van der Waals surface area contributed by atoms with Crippen molar-refractivity contribution in [3.63, 3.8) is 0 Å². The second kappa shape index (κ2) is 7.89. The maximum Gasteiger partial charge on any atom is 0.336 e. The SMILES string of the molecule is CCc1cc(=O)oc2cc(OCC(=O)NC3CCCc4ccccc43)ccc12. The number of carbonyl (C=O) groups excluding carboxylic acids is 1. The summed E-state index contributed by atoms with van der Waals surface area (Å²) in [5.74, 6) is 0.341. The lowest BCUT2D eigenvalue weighted by molar-refractivity contribution is -0.123. The first-order valence-corrected chi connectivity index (χ1v) is 9.71. The third kappa shape index (κ3) is 3.79. The fourth-order valence-electron chi connectivity index (χ4n) is 3.88. The summed E-state index contributed by atoms with van der Waals surface area (Å²) >= 11 is 0. The van der Waals surface area contributed by atoms with Crippen LogP contribution in [0.15, 0.2) is 57.7 Å². The number of fused-ring (bicyclic) bond motifs is 2. The molecule has 1 amide bonds. The third-order valence-corrected chi connectivity index (χ3v) is 5.26. The van der Waals surface area contributed by atoms with Gasteiger partial charge in [-0.1, -0.05) is 31.2 Å². The van der Waals surface area contributed by atoms with E-state index in [0.717, 1.165) is 36.6 Å². The van der Waals surface area contributed by atoms with Crippen LogP contribution in [0.5, 0.6) is 5.75 Å².